The van der Waals surface area contributed by atoms with Crippen LogP contribution in [0, 0.1) is 13.8 Å². The number of benzene rings is 2. The number of hydrogen-bond acceptors (Lipinski definition) is 5. The molecule has 3 amide bonds. The number of nitrogens with zero attached hydrogens (tertiary/aromatic N) is 1. The SMILES string of the molecule is CCCC[C@@H](C(=O)OCC(=O)Nc1cc(C)c(Br)c(C)c1)N1C(=O)c2ccccc2C1=O. The van der Waals surface area contributed by atoms with Crippen LogP contribution in [0.3, 0.4) is 0 Å². The van der Waals surface area contributed by atoms with Gasteiger partial charge in [0.25, 0.3) is 17.7 Å². The molecule has 0 saturated heterocycles. The molecule has 1 N–H and O–H groups in total. The highest BCUT2D eigenvalue weighted by Crippen LogP contribution is 2.27. The Labute approximate surface area is 195 Å². The number of anilines is 1. The van der Waals surface area contributed by atoms with Gasteiger partial charge in [-0.15, -0.1) is 0 Å². The standard InChI is InChI=1S/C24H25BrN2O5/c1-4-5-10-19(27-22(29)17-8-6-7-9-18(17)23(27)30)24(31)32-13-20(28)26-16-11-14(2)21(25)15(3)12-16/h6-9,11-12,19H,4-5,10,13H2,1-3H3,(H,26,28)/t19-/m0/s1. The molecule has 32 heavy (non-hydrogen) atoms. The predicted molar refractivity (Wildman–Crippen MR) is 123 cm³/mol. The van der Waals surface area contributed by atoms with E-state index in [1.807, 2.05) is 20.8 Å². The van der Waals surface area contributed by atoms with Crippen molar-refractivity contribution in [3.8, 4) is 0 Å². The van der Waals surface area contributed by atoms with Crippen LogP contribution in [0.1, 0.15) is 58.0 Å². The lowest BCUT2D eigenvalue weighted by Gasteiger charge is -2.24. The molecule has 1 atom stereocenters. The molecule has 0 fully saturated rings. The van der Waals surface area contributed by atoms with Crippen molar-refractivity contribution >= 4 is 45.3 Å². The Morgan fingerprint density at radius 2 is 1.62 bits per heavy atom. The van der Waals surface area contributed by atoms with E-state index in [0.717, 1.165) is 26.9 Å². The molecule has 7 nitrogen and oxygen atoms in total. The maximum absolute atomic E-state index is 12.8. The van der Waals surface area contributed by atoms with Crippen LogP contribution in [0.15, 0.2) is 40.9 Å². The van der Waals surface area contributed by atoms with Crippen molar-refractivity contribution < 1.29 is 23.9 Å². The van der Waals surface area contributed by atoms with Crippen LogP contribution in [0.25, 0.3) is 0 Å². The number of fused-ring (bicyclic) bond motifs is 1. The molecule has 0 radical (unpaired) electrons. The highest BCUT2D eigenvalue weighted by atomic mass is 79.9. The largest absolute Gasteiger partial charge is 0.454 e. The molecule has 0 saturated carbocycles. The van der Waals surface area contributed by atoms with Crippen molar-refractivity contribution in [2.45, 2.75) is 46.1 Å². The van der Waals surface area contributed by atoms with E-state index in [2.05, 4.69) is 21.2 Å². The number of amides is 3. The van der Waals surface area contributed by atoms with Crippen LogP contribution in [-0.4, -0.2) is 41.2 Å². The Morgan fingerprint density at radius 1 is 1.06 bits per heavy atom. The monoisotopic (exact) mass is 500 g/mol. The first-order chi connectivity index (χ1) is 15.2. The Morgan fingerprint density at radius 3 is 2.16 bits per heavy atom. The number of esters is 1. The molecule has 3 rings (SSSR count). The van der Waals surface area contributed by atoms with E-state index in [-0.39, 0.29) is 17.5 Å². The van der Waals surface area contributed by atoms with Crippen molar-refractivity contribution in [1.82, 2.24) is 4.90 Å². The number of unbranched alkanes of at least 4 members (excludes halogenated alkanes) is 1. The molecule has 1 aliphatic heterocycles. The first-order valence-corrected chi connectivity index (χ1v) is 11.2. The van der Waals surface area contributed by atoms with E-state index in [1.54, 1.807) is 36.4 Å². The van der Waals surface area contributed by atoms with Gasteiger partial charge in [-0.1, -0.05) is 47.8 Å². The molecule has 0 aromatic heterocycles. The van der Waals surface area contributed by atoms with Gasteiger partial charge in [0.1, 0.15) is 6.04 Å². The summed E-state index contributed by atoms with van der Waals surface area (Å²) < 4.78 is 6.18. The van der Waals surface area contributed by atoms with E-state index in [1.165, 1.54) is 0 Å². The molecule has 0 spiro atoms. The molecule has 1 heterocycles. The number of halogens is 1. The third-order valence-electron chi connectivity index (χ3n) is 5.31. The zero-order valence-corrected chi connectivity index (χ0v) is 19.8. The molecule has 0 bridgehead atoms. The Kier molecular flexibility index (Phi) is 7.45. The molecule has 1 aliphatic rings. The van der Waals surface area contributed by atoms with Crippen LogP contribution in [-0.2, 0) is 14.3 Å². The van der Waals surface area contributed by atoms with E-state index in [0.29, 0.717) is 12.1 Å². The second-order valence-electron chi connectivity index (χ2n) is 7.76. The topological polar surface area (TPSA) is 92.8 Å². The maximum Gasteiger partial charge on any atom is 0.329 e. The number of carbonyl (C=O) groups excluding carboxylic acids is 4. The summed E-state index contributed by atoms with van der Waals surface area (Å²) in [6.07, 6.45) is 1.67. The summed E-state index contributed by atoms with van der Waals surface area (Å²) in [6.45, 7) is 5.25. The third-order valence-corrected chi connectivity index (χ3v) is 6.56. The smallest absolute Gasteiger partial charge is 0.329 e. The first-order valence-electron chi connectivity index (χ1n) is 10.4. The number of aryl methyl sites for hydroxylation is 2. The van der Waals surface area contributed by atoms with E-state index >= 15 is 0 Å². The average Bonchev–Trinajstić information content (AvgIpc) is 3.01. The van der Waals surface area contributed by atoms with Crippen LogP contribution in [0.5, 0.6) is 0 Å². The second kappa shape index (κ2) is 10.1. The van der Waals surface area contributed by atoms with Gasteiger partial charge in [0.15, 0.2) is 6.61 Å². The molecule has 0 unspecified atom stereocenters. The minimum Gasteiger partial charge on any atom is -0.454 e. The maximum atomic E-state index is 12.8. The summed E-state index contributed by atoms with van der Waals surface area (Å²) in [5, 5.41) is 2.71. The number of hydrogen-bond donors (Lipinski definition) is 1. The Hall–Kier alpha value is -3.00. The van der Waals surface area contributed by atoms with Crippen LogP contribution < -0.4 is 5.32 Å². The number of carbonyl (C=O) groups is 4. The molecule has 2 aromatic carbocycles. The Balaban J connectivity index is 1.69. The van der Waals surface area contributed by atoms with E-state index < -0.39 is 36.3 Å². The molecule has 2 aromatic rings. The van der Waals surface area contributed by atoms with Crippen LogP contribution >= 0.6 is 15.9 Å². The normalized spacial score (nSPS) is 13.7. The molecule has 168 valence electrons. The van der Waals surface area contributed by atoms with Gasteiger partial charge in [-0.3, -0.25) is 19.3 Å². The van der Waals surface area contributed by atoms with Gasteiger partial charge < -0.3 is 10.1 Å². The van der Waals surface area contributed by atoms with Crippen molar-refractivity contribution in [1.29, 1.82) is 0 Å². The lowest BCUT2D eigenvalue weighted by molar-refractivity contribution is -0.151. The van der Waals surface area contributed by atoms with Crippen molar-refractivity contribution in [2.24, 2.45) is 0 Å². The zero-order chi connectivity index (χ0) is 23.4. The Bertz CT molecular complexity index is 1020. The van der Waals surface area contributed by atoms with Crippen LogP contribution in [0.2, 0.25) is 0 Å². The highest BCUT2D eigenvalue weighted by molar-refractivity contribution is 9.10. The van der Waals surface area contributed by atoms with Gasteiger partial charge in [-0.25, -0.2) is 4.79 Å². The fraction of sp³-hybridized carbons (Fsp3) is 0.333. The zero-order valence-electron chi connectivity index (χ0n) is 18.2. The van der Waals surface area contributed by atoms with Gasteiger partial charge in [-0.05, 0) is 55.7 Å². The fourth-order valence-electron chi connectivity index (χ4n) is 3.69. The van der Waals surface area contributed by atoms with Crippen molar-refractivity contribution in [2.75, 3.05) is 11.9 Å². The number of imide groups is 1. The predicted octanol–water partition coefficient (Wildman–Crippen LogP) is 4.40. The molecule has 8 heteroatoms. The summed E-state index contributed by atoms with van der Waals surface area (Å²) in [5.41, 5.74) is 3.05. The highest BCUT2D eigenvalue weighted by Gasteiger charge is 2.43. The summed E-state index contributed by atoms with van der Waals surface area (Å²) in [6, 6.07) is 9.00. The summed E-state index contributed by atoms with van der Waals surface area (Å²) in [7, 11) is 0. The van der Waals surface area contributed by atoms with E-state index in [4.69, 9.17) is 4.74 Å². The molecular formula is C24H25BrN2O5. The minimum atomic E-state index is -1.08. The van der Waals surface area contributed by atoms with Gasteiger partial charge in [0.2, 0.25) is 0 Å². The number of rotatable bonds is 8. The number of nitrogens with one attached hydrogen (secondary N) is 1. The number of ether oxygens (including phenoxy) is 1. The van der Waals surface area contributed by atoms with Crippen molar-refractivity contribution in [3.05, 3.63) is 63.1 Å². The van der Waals surface area contributed by atoms with Crippen LogP contribution in [0.4, 0.5) is 5.69 Å². The average molecular weight is 501 g/mol. The van der Waals surface area contributed by atoms with Crippen molar-refractivity contribution in [3.63, 3.8) is 0 Å². The quantitative estimate of drug-likeness (QED) is 0.428. The van der Waals surface area contributed by atoms with Gasteiger partial charge in [0.05, 0.1) is 11.1 Å². The third kappa shape index (κ3) is 4.91. The summed E-state index contributed by atoms with van der Waals surface area (Å²) in [5.74, 6) is -2.31. The summed E-state index contributed by atoms with van der Waals surface area (Å²) >= 11 is 3.48. The van der Waals surface area contributed by atoms with E-state index in [9.17, 15) is 19.2 Å². The molecular weight excluding hydrogens is 476 g/mol. The second-order valence-corrected chi connectivity index (χ2v) is 8.56. The lowest BCUT2D eigenvalue weighted by Crippen LogP contribution is -2.46. The lowest BCUT2D eigenvalue weighted by atomic mass is 10.1. The molecule has 0 aliphatic carbocycles. The fourth-order valence-corrected chi connectivity index (χ4v) is 3.92. The minimum absolute atomic E-state index is 0.269. The van der Waals surface area contributed by atoms with Gasteiger partial charge >= 0.3 is 5.97 Å². The first kappa shape index (κ1) is 23.7. The van der Waals surface area contributed by atoms with Gasteiger partial charge in [-0.2, -0.15) is 0 Å². The van der Waals surface area contributed by atoms with Gasteiger partial charge in [0, 0.05) is 10.2 Å². The summed E-state index contributed by atoms with van der Waals surface area (Å²) in [4.78, 5) is 51.7.